The quantitative estimate of drug-likeness (QED) is 0.661. The molecule has 8 heteroatoms. The second-order valence-electron chi connectivity index (χ2n) is 4.71. The van der Waals surface area contributed by atoms with Crippen LogP contribution in [0.3, 0.4) is 0 Å². The van der Waals surface area contributed by atoms with Crippen LogP contribution < -0.4 is 5.32 Å². The number of rotatable bonds is 5. The molecule has 0 fully saturated rings. The van der Waals surface area contributed by atoms with Crippen molar-refractivity contribution in [2.24, 2.45) is 0 Å². The highest BCUT2D eigenvalue weighted by atomic mass is 16.5. The molecule has 0 bridgehead atoms. The molecule has 0 saturated carbocycles. The fraction of sp³-hybridized carbons (Fsp3) is 0.0625. The first kappa shape index (κ1) is 16.8. The molecule has 8 nitrogen and oxygen atoms in total. The third kappa shape index (κ3) is 4.01. The summed E-state index contributed by atoms with van der Waals surface area (Å²) in [5.74, 6) is -3.63. The maximum absolute atomic E-state index is 11.8. The minimum atomic E-state index is -1.49. The maximum Gasteiger partial charge on any atom is 0.411 e. The van der Waals surface area contributed by atoms with Crippen molar-refractivity contribution in [1.82, 2.24) is 0 Å². The lowest BCUT2D eigenvalue weighted by Gasteiger charge is -2.11. The summed E-state index contributed by atoms with van der Waals surface area (Å²) in [6, 6.07) is 10.4. The van der Waals surface area contributed by atoms with E-state index >= 15 is 0 Å². The number of hydrogen-bond donors (Lipinski definition) is 4. The van der Waals surface area contributed by atoms with Crippen molar-refractivity contribution in [2.45, 2.75) is 6.61 Å². The molecule has 0 saturated heterocycles. The summed E-state index contributed by atoms with van der Waals surface area (Å²) >= 11 is 0. The number of amides is 1. The number of anilines is 1. The highest BCUT2D eigenvalue weighted by molar-refractivity contribution is 6.02. The van der Waals surface area contributed by atoms with E-state index in [0.29, 0.717) is 0 Å². The van der Waals surface area contributed by atoms with Gasteiger partial charge in [0, 0.05) is 6.07 Å². The molecule has 2 rings (SSSR count). The number of nitrogens with one attached hydrogen (secondary N) is 1. The van der Waals surface area contributed by atoms with Gasteiger partial charge in [0.05, 0.1) is 11.3 Å². The van der Waals surface area contributed by atoms with Crippen molar-refractivity contribution in [3.05, 3.63) is 59.2 Å². The average molecular weight is 331 g/mol. The zero-order valence-electron chi connectivity index (χ0n) is 12.2. The molecule has 2 aromatic carbocycles. The number of hydrogen-bond acceptors (Lipinski definition) is 5. The Bertz CT molecular complexity index is 787. The standard InChI is InChI=1S/C16H13NO7/c18-13-7-12(10(14(19)20)6-11(13)15(21)22)17-16(23)24-8-9-4-2-1-3-5-9/h1-7,18H,8H2,(H,17,23)(H,19,20)(H,21,22). The largest absolute Gasteiger partial charge is 0.507 e. The average Bonchev–Trinajstić information content (AvgIpc) is 2.53. The smallest absolute Gasteiger partial charge is 0.411 e. The van der Waals surface area contributed by atoms with Crippen LogP contribution in [0.15, 0.2) is 42.5 Å². The minimum absolute atomic E-state index is 0.0335. The number of aromatic hydroxyl groups is 1. The van der Waals surface area contributed by atoms with Crippen LogP contribution in [-0.2, 0) is 11.3 Å². The van der Waals surface area contributed by atoms with E-state index in [1.54, 1.807) is 30.3 Å². The Morgan fingerprint density at radius 3 is 2.17 bits per heavy atom. The van der Waals surface area contributed by atoms with Gasteiger partial charge in [-0.2, -0.15) is 0 Å². The van der Waals surface area contributed by atoms with E-state index in [0.717, 1.165) is 17.7 Å². The molecule has 0 atom stereocenters. The molecule has 24 heavy (non-hydrogen) atoms. The zero-order valence-corrected chi connectivity index (χ0v) is 12.2. The molecule has 0 aliphatic heterocycles. The van der Waals surface area contributed by atoms with Crippen LogP contribution in [0.1, 0.15) is 26.3 Å². The lowest BCUT2D eigenvalue weighted by molar-refractivity contribution is 0.0693. The third-order valence-corrected chi connectivity index (χ3v) is 3.05. The van der Waals surface area contributed by atoms with Gasteiger partial charge in [0.15, 0.2) is 0 Å². The van der Waals surface area contributed by atoms with E-state index in [-0.39, 0.29) is 12.3 Å². The normalized spacial score (nSPS) is 10.0. The van der Waals surface area contributed by atoms with Crippen LogP contribution in [0.25, 0.3) is 0 Å². The van der Waals surface area contributed by atoms with Gasteiger partial charge in [0.1, 0.15) is 17.9 Å². The first-order chi connectivity index (χ1) is 11.4. The van der Waals surface area contributed by atoms with Crippen molar-refractivity contribution in [3.8, 4) is 5.75 Å². The highest BCUT2D eigenvalue weighted by Crippen LogP contribution is 2.27. The number of carboxylic acids is 2. The van der Waals surface area contributed by atoms with Gasteiger partial charge in [-0.05, 0) is 11.6 Å². The van der Waals surface area contributed by atoms with Gasteiger partial charge in [0.25, 0.3) is 0 Å². The molecule has 0 radical (unpaired) electrons. The molecule has 0 aromatic heterocycles. The Morgan fingerprint density at radius 1 is 0.958 bits per heavy atom. The number of ether oxygens (including phenoxy) is 1. The van der Waals surface area contributed by atoms with Crippen molar-refractivity contribution < 1.29 is 34.4 Å². The Labute approximate surface area is 135 Å². The Balaban J connectivity index is 2.16. The van der Waals surface area contributed by atoms with Gasteiger partial charge in [-0.1, -0.05) is 30.3 Å². The Morgan fingerprint density at radius 2 is 1.58 bits per heavy atom. The van der Waals surface area contributed by atoms with Crippen LogP contribution >= 0.6 is 0 Å². The van der Waals surface area contributed by atoms with Gasteiger partial charge in [-0.25, -0.2) is 14.4 Å². The van der Waals surface area contributed by atoms with E-state index in [1.807, 2.05) is 0 Å². The molecule has 0 aliphatic rings. The summed E-state index contributed by atoms with van der Waals surface area (Å²) in [6.07, 6.45) is -0.941. The van der Waals surface area contributed by atoms with Crippen LogP contribution in [0.2, 0.25) is 0 Å². The number of phenols is 1. The lowest BCUT2D eigenvalue weighted by Crippen LogP contribution is -2.16. The summed E-state index contributed by atoms with van der Waals surface area (Å²) in [6.45, 7) is -0.0335. The molecule has 0 unspecified atom stereocenters. The first-order valence-electron chi connectivity index (χ1n) is 6.69. The van der Waals surface area contributed by atoms with Crippen molar-refractivity contribution in [3.63, 3.8) is 0 Å². The molecule has 1 amide bonds. The van der Waals surface area contributed by atoms with E-state index in [2.05, 4.69) is 5.32 Å². The number of carbonyl (C=O) groups excluding carboxylic acids is 1. The zero-order chi connectivity index (χ0) is 17.7. The van der Waals surface area contributed by atoms with E-state index in [4.69, 9.17) is 14.9 Å². The summed E-state index contributed by atoms with van der Waals surface area (Å²) < 4.78 is 4.94. The van der Waals surface area contributed by atoms with Crippen molar-refractivity contribution in [1.29, 1.82) is 0 Å². The van der Waals surface area contributed by atoms with Crippen LogP contribution in [0.4, 0.5) is 10.5 Å². The molecule has 0 aliphatic carbocycles. The molecular weight excluding hydrogens is 318 g/mol. The highest BCUT2D eigenvalue weighted by Gasteiger charge is 2.20. The molecule has 2 aromatic rings. The number of carboxylic acid groups (broad SMARTS) is 2. The van der Waals surface area contributed by atoms with E-state index < -0.39 is 34.9 Å². The summed E-state index contributed by atoms with van der Waals surface area (Å²) in [5, 5.41) is 29.8. The number of carbonyl (C=O) groups is 3. The van der Waals surface area contributed by atoms with Crippen molar-refractivity contribution >= 4 is 23.7 Å². The van der Waals surface area contributed by atoms with Crippen molar-refractivity contribution in [2.75, 3.05) is 5.32 Å². The summed E-state index contributed by atoms with van der Waals surface area (Å²) in [5.41, 5.74) is -0.615. The summed E-state index contributed by atoms with van der Waals surface area (Å²) in [4.78, 5) is 33.9. The Hall–Kier alpha value is -3.55. The van der Waals surface area contributed by atoms with Gasteiger partial charge in [-0.3, -0.25) is 5.32 Å². The van der Waals surface area contributed by atoms with Gasteiger partial charge in [0.2, 0.25) is 0 Å². The molecule has 4 N–H and O–H groups in total. The van der Waals surface area contributed by atoms with E-state index in [1.165, 1.54) is 0 Å². The van der Waals surface area contributed by atoms with Gasteiger partial charge >= 0.3 is 18.0 Å². The third-order valence-electron chi connectivity index (χ3n) is 3.05. The maximum atomic E-state index is 11.8. The molecule has 0 spiro atoms. The SMILES string of the molecule is O=C(Nc1cc(O)c(C(=O)O)cc1C(=O)O)OCc1ccccc1. The second kappa shape index (κ2) is 7.14. The van der Waals surface area contributed by atoms with E-state index in [9.17, 15) is 19.5 Å². The van der Waals surface area contributed by atoms with Crippen LogP contribution in [0.5, 0.6) is 5.75 Å². The van der Waals surface area contributed by atoms with Gasteiger partial charge < -0.3 is 20.1 Å². The number of aromatic carboxylic acids is 2. The minimum Gasteiger partial charge on any atom is -0.507 e. The lowest BCUT2D eigenvalue weighted by atomic mass is 10.1. The molecular formula is C16H13NO7. The second-order valence-corrected chi connectivity index (χ2v) is 4.71. The molecule has 0 heterocycles. The fourth-order valence-electron chi connectivity index (χ4n) is 1.91. The summed E-state index contributed by atoms with van der Waals surface area (Å²) in [7, 11) is 0. The predicted molar refractivity (Wildman–Crippen MR) is 82.3 cm³/mol. The predicted octanol–water partition coefficient (Wildman–Crippen LogP) is 2.54. The first-order valence-corrected chi connectivity index (χ1v) is 6.69. The monoisotopic (exact) mass is 331 g/mol. The fourth-order valence-corrected chi connectivity index (χ4v) is 1.91. The molecule has 124 valence electrons. The van der Waals surface area contributed by atoms with Gasteiger partial charge in [-0.15, -0.1) is 0 Å². The number of benzene rings is 2. The van der Waals surface area contributed by atoms with Crippen LogP contribution in [0, 0.1) is 0 Å². The Kier molecular flexibility index (Phi) is 5.00. The van der Waals surface area contributed by atoms with Crippen LogP contribution in [-0.4, -0.2) is 33.4 Å². The topological polar surface area (TPSA) is 133 Å².